The van der Waals surface area contributed by atoms with Gasteiger partial charge in [0, 0.05) is 11.0 Å². The Morgan fingerprint density at radius 2 is 2.06 bits per heavy atom. The summed E-state index contributed by atoms with van der Waals surface area (Å²) in [5, 5.41) is 2.48. The van der Waals surface area contributed by atoms with E-state index in [1.165, 1.54) is 12.1 Å². The second-order valence-corrected chi connectivity index (χ2v) is 5.94. The third-order valence-electron chi connectivity index (χ3n) is 1.99. The van der Waals surface area contributed by atoms with E-state index in [-0.39, 0.29) is 11.4 Å². The highest BCUT2D eigenvalue weighted by atomic mass is 79.9. The van der Waals surface area contributed by atoms with E-state index >= 15 is 0 Å². The van der Waals surface area contributed by atoms with Crippen LogP contribution in [0.25, 0.3) is 0 Å². The van der Waals surface area contributed by atoms with Crippen molar-refractivity contribution in [1.29, 1.82) is 0 Å². The Kier molecular flexibility index (Phi) is 5.52. The number of carbonyl (C=O) groups is 1. The molecule has 0 aliphatic rings. The Bertz CT molecular complexity index is 543. The molecule has 1 amide bonds. The molecule has 0 fully saturated rings. The van der Waals surface area contributed by atoms with Gasteiger partial charge in [-0.25, -0.2) is 13.1 Å². The van der Waals surface area contributed by atoms with Gasteiger partial charge in [-0.05, 0) is 28.1 Å². The minimum absolute atomic E-state index is 0.0986. The molecule has 0 heterocycles. The second-order valence-electron chi connectivity index (χ2n) is 3.35. The molecule has 5 nitrogen and oxygen atoms in total. The summed E-state index contributed by atoms with van der Waals surface area (Å²) in [7, 11) is -3.69. The van der Waals surface area contributed by atoms with Gasteiger partial charge in [0.25, 0.3) is 0 Å². The first-order valence-corrected chi connectivity index (χ1v) is 7.37. The van der Waals surface area contributed by atoms with Gasteiger partial charge in [0.1, 0.15) is 0 Å². The summed E-state index contributed by atoms with van der Waals surface area (Å²) in [6.45, 7) is 3.43. The molecule has 0 saturated carbocycles. The van der Waals surface area contributed by atoms with E-state index in [2.05, 4.69) is 32.5 Å². The molecule has 2 N–H and O–H groups in total. The van der Waals surface area contributed by atoms with Gasteiger partial charge >= 0.3 is 0 Å². The van der Waals surface area contributed by atoms with Crippen LogP contribution in [-0.2, 0) is 14.8 Å². The lowest BCUT2D eigenvalue weighted by Gasteiger charge is -2.08. The van der Waals surface area contributed by atoms with Crippen molar-refractivity contribution >= 4 is 31.9 Å². The van der Waals surface area contributed by atoms with E-state index in [9.17, 15) is 13.2 Å². The van der Waals surface area contributed by atoms with E-state index in [1.54, 1.807) is 18.2 Å². The first kappa shape index (κ1) is 14.9. The molecule has 0 unspecified atom stereocenters. The van der Waals surface area contributed by atoms with Crippen LogP contribution in [0.4, 0.5) is 0 Å². The number of benzene rings is 1. The number of hydrogen-bond donors (Lipinski definition) is 2. The average Bonchev–Trinajstić information content (AvgIpc) is 2.34. The van der Waals surface area contributed by atoms with Crippen LogP contribution in [0.3, 0.4) is 0 Å². The van der Waals surface area contributed by atoms with Gasteiger partial charge in [-0.1, -0.05) is 18.2 Å². The molecule has 0 radical (unpaired) electrons. The van der Waals surface area contributed by atoms with Gasteiger partial charge in [-0.3, -0.25) is 4.79 Å². The highest BCUT2D eigenvalue weighted by molar-refractivity contribution is 9.10. The lowest BCUT2D eigenvalue weighted by Crippen LogP contribution is -2.37. The normalized spacial score (nSPS) is 10.9. The van der Waals surface area contributed by atoms with E-state index < -0.39 is 15.9 Å². The van der Waals surface area contributed by atoms with Crippen molar-refractivity contribution < 1.29 is 13.2 Å². The number of sulfonamides is 1. The molecule has 0 bridgehead atoms. The highest BCUT2D eigenvalue weighted by Gasteiger charge is 2.17. The van der Waals surface area contributed by atoms with Crippen LogP contribution in [0.15, 0.2) is 46.3 Å². The maximum Gasteiger partial charge on any atom is 0.242 e. The fourth-order valence-corrected chi connectivity index (χ4v) is 3.13. The van der Waals surface area contributed by atoms with Gasteiger partial charge in [0.05, 0.1) is 11.4 Å². The Hall–Kier alpha value is -1.18. The van der Waals surface area contributed by atoms with Crippen molar-refractivity contribution in [2.45, 2.75) is 4.90 Å². The molecule has 0 aliphatic heterocycles. The quantitative estimate of drug-likeness (QED) is 0.764. The molecule has 1 rings (SSSR count). The van der Waals surface area contributed by atoms with Crippen LogP contribution in [-0.4, -0.2) is 27.4 Å². The molecule has 18 heavy (non-hydrogen) atoms. The average molecular weight is 333 g/mol. The minimum Gasteiger partial charge on any atom is -0.352 e. The summed E-state index contributed by atoms with van der Waals surface area (Å²) in [5.41, 5.74) is 0. The van der Waals surface area contributed by atoms with E-state index in [1.807, 2.05) is 0 Å². The van der Waals surface area contributed by atoms with Crippen molar-refractivity contribution in [1.82, 2.24) is 10.0 Å². The Morgan fingerprint density at radius 1 is 1.39 bits per heavy atom. The van der Waals surface area contributed by atoms with Crippen molar-refractivity contribution in [3.8, 4) is 0 Å². The number of hydrogen-bond acceptors (Lipinski definition) is 3. The topological polar surface area (TPSA) is 75.3 Å². The summed E-state index contributed by atoms with van der Waals surface area (Å²) >= 11 is 3.15. The molecule has 0 atom stereocenters. The van der Waals surface area contributed by atoms with Crippen LogP contribution in [0.2, 0.25) is 0 Å². The molecule has 0 saturated heterocycles. The summed E-state index contributed by atoms with van der Waals surface area (Å²) in [4.78, 5) is 11.4. The fraction of sp³-hybridized carbons (Fsp3) is 0.182. The Morgan fingerprint density at radius 3 is 2.67 bits per heavy atom. The molecule has 1 aromatic carbocycles. The van der Waals surface area contributed by atoms with Crippen LogP contribution in [0.5, 0.6) is 0 Å². The maximum absolute atomic E-state index is 11.9. The van der Waals surface area contributed by atoms with Crippen LogP contribution in [0, 0.1) is 0 Å². The third-order valence-corrected chi connectivity index (χ3v) is 4.41. The fourth-order valence-electron chi connectivity index (χ4n) is 1.15. The number of rotatable bonds is 6. The monoisotopic (exact) mass is 332 g/mol. The van der Waals surface area contributed by atoms with E-state index in [0.717, 1.165) is 0 Å². The van der Waals surface area contributed by atoms with Crippen LogP contribution < -0.4 is 10.0 Å². The first-order chi connectivity index (χ1) is 8.47. The molecule has 0 aliphatic carbocycles. The molecule has 1 aromatic rings. The SMILES string of the molecule is C=CCNC(=O)CNS(=O)(=O)c1ccccc1Br. The van der Waals surface area contributed by atoms with E-state index in [0.29, 0.717) is 11.0 Å². The van der Waals surface area contributed by atoms with Gasteiger partial charge in [-0.15, -0.1) is 6.58 Å². The summed E-state index contributed by atoms with van der Waals surface area (Å²) in [5.74, 6) is -0.412. The first-order valence-electron chi connectivity index (χ1n) is 5.09. The van der Waals surface area contributed by atoms with Crippen LogP contribution in [0.1, 0.15) is 0 Å². The van der Waals surface area contributed by atoms with Gasteiger partial charge in [0.2, 0.25) is 15.9 Å². The second kappa shape index (κ2) is 6.67. The predicted octanol–water partition coefficient (Wildman–Crippen LogP) is 1.03. The highest BCUT2D eigenvalue weighted by Crippen LogP contribution is 2.20. The molecular formula is C11H13BrN2O3S. The summed E-state index contributed by atoms with van der Waals surface area (Å²) in [6, 6.07) is 6.39. The van der Waals surface area contributed by atoms with Crippen molar-refractivity contribution in [2.75, 3.05) is 13.1 Å². The van der Waals surface area contributed by atoms with Gasteiger partial charge < -0.3 is 5.32 Å². The molecule has 0 spiro atoms. The zero-order valence-corrected chi connectivity index (χ0v) is 11.9. The van der Waals surface area contributed by atoms with Gasteiger partial charge in [0.15, 0.2) is 0 Å². The third kappa shape index (κ3) is 4.25. The van der Waals surface area contributed by atoms with E-state index in [4.69, 9.17) is 0 Å². The predicted molar refractivity (Wildman–Crippen MR) is 72.5 cm³/mol. The molecule has 0 aromatic heterocycles. The van der Waals surface area contributed by atoms with Crippen molar-refractivity contribution in [3.63, 3.8) is 0 Å². The maximum atomic E-state index is 11.9. The lowest BCUT2D eigenvalue weighted by atomic mass is 10.4. The summed E-state index contributed by atoms with van der Waals surface area (Å²) < 4.78 is 26.4. The zero-order chi connectivity index (χ0) is 13.6. The Balaban J connectivity index is 2.69. The summed E-state index contributed by atoms with van der Waals surface area (Å²) in [6.07, 6.45) is 1.51. The number of amides is 1. The molecular weight excluding hydrogens is 320 g/mol. The zero-order valence-electron chi connectivity index (χ0n) is 9.52. The molecule has 7 heteroatoms. The Labute approximate surface area is 114 Å². The minimum atomic E-state index is -3.69. The van der Waals surface area contributed by atoms with Crippen LogP contribution >= 0.6 is 15.9 Å². The standard InChI is InChI=1S/C11H13BrN2O3S/c1-2-7-13-11(15)8-14-18(16,17)10-6-4-3-5-9(10)12/h2-6,14H,1,7-8H2,(H,13,15). The number of halogens is 1. The van der Waals surface area contributed by atoms with Gasteiger partial charge in [-0.2, -0.15) is 0 Å². The largest absolute Gasteiger partial charge is 0.352 e. The van der Waals surface area contributed by atoms with Crippen molar-refractivity contribution in [3.05, 3.63) is 41.4 Å². The lowest BCUT2D eigenvalue weighted by molar-refractivity contribution is -0.119. The number of carbonyl (C=O) groups excluding carboxylic acids is 1. The van der Waals surface area contributed by atoms with Crippen molar-refractivity contribution in [2.24, 2.45) is 0 Å². The molecule has 98 valence electrons. The number of nitrogens with one attached hydrogen (secondary N) is 2. The smallest absolute Gasteiger partial charge is 0.242 e.